The quantitative estimate of drug-likeness (QED) is 0.146. The van der Waals surface area contributed by atoms with Crippen LogP contribution < -0.4 is 14.2 Å². The molecular weight excluding hydrogens is 548 g/mol. The molecule has 8 heteroatoms. The van der Waals surface area contributed by atoms with Crippen molar-refractivity contribution in [1.29, 1.82) is 0 Å². The van der Waals surface area contributed by atoms with E-state index < -0.39 is 28.7 Å². The predicted molar refractivity (Wildman–Crippen MR) is 162 cm³/mol. The lowest BCUT2D eigenvalue weighted by Crippen LogP contribution is -2.20. The summed E-state index contributed by atoms with van der Waals surface area (Å²) < 4.78 is 16.3. The molecule has 0 aliphatic rings. The lowest BCUT2D eigenvalue weighted by Gasteiger charge is -2.28. The summed E-state index contributed by atoms with van der Waals surface area (Å²) in [5.74, 6) is -1.67. The van der Waals surface area contributed by atoms with Gasteiger partial charge in [-0.1, -0.05) is 64.1 Å². The standard InChI is InChI=1S/C35H34O8/c1-21(36)42-27-15-9-23(10-16-27)35(4,5)25-12-18-31(29(20-25)33(39)40)43-30-17-11-24(19-28(30)32(37)38)34(2,3)22-7-13-26(41-6)14-8-22/h7-20H,1-6H3,(H,37,38)(H,39,40). The Balaban J connectivity index is 1.67. The molecule has 43 heavy (non-hydrogen) atoms. The number of carboxylic acids is 2. The van der Waals surface area contributed by atoms with Crippen molar-refractivity contribution in [3.63, 3.8) is 0 Å². The van der Waals surface area contributed by atoms with Crippen LogP contribution in [0.15, 0.2) is 84.9 Å². The summed E-state index contributed by atoms with van der Waals surface area (Å²) in [5, 5.41) is 20.1. The largest absolute Gasteiger partial charge is 0.497 e. The third-order valence-corrected chi connectivity index (χ3v) is 7.73. The van der Waals surface area contributed by atoms with E-state index >= 15 is 0 Å². The predicted octanol–water partition coefficient (Wildman–Crippen LogP) is 7.46. The van der Waals surface area contributed by atoms with Gasteiger partial charge in [0.15, 0.2) is 0 Å². The van der Waals surface area contributed by atoms with Gasteiger partial charge in [-0.05, 0) is 70.8 Å². The summed E-state index contributed by atoms with van der Waals surface area (Å²) in [7, 11) is 1.59. The van der Waals surface area contributed by atoms with Crippen molar-refractivity contribution in [1.82, 2.24) is 0 Å². The molecule has 0 unspecified atom stereocenters. The van der Waals surface area contributed by atoms with Crippen molar-refractivity contribution < 1.29 is 38.8 Å². The Bertz CT molecular complexity index is 1670. The molecule has 0 radical (unpaired) electrons. The van der Waals surface area contributed by atoms with Crippen LogP contribution in [0, 0.1) is 0 Å². The van der Waals surface area contributed by atoms with E-state index in [2.05, 4.69) is 0 Å². The molecule has 0 heterocycles. The molecule has 0 bridgehead atoms. The van der Waals surface area contributed by atoms with Gasteiger partial charge in [0.25, 0.3) is 0 Å². The van der Waals surface area contributed by atoms with Gasteiger partial charge in [-0.3, -0.25) is 4.79 Å². The zero-order valence-electron chi connectivity index (χ0n) is 24.9. The minimum atomic E-state index is -1.22. The number of ether oxygens (including phenoxy) is 3. The molecule has 0 aliphatic heterocycles. The first-order chi connectivity index (χ1) is 20.2. The van der Waals surface area contributed by atoms with Gasteiger partial charge in [0.05, 0.1) is 7.11 Å². The number of carbonyl (C=O) groups is 3. The average Bonchev–Trinajstić information content (AvgIpc) is 2.97. The van der Waals surface area contributed by atoms with Crippen LogP contribution in [0.2, 0.25) is 0 Å². The van der Waals surface area contributed by atoms with E-state index in [0.29, 0.717) is 11.3 Å². The lowest BCUT2D eigenvalue weighted by atomic mass is 9.77. The monoisotopic (exact) mass is 582 g/mol. The number of carboxylic acid groups (broad SMARTS) is 2. The number of hydrogen-bond donors (Lipinski definition) is 2. The summed E-state index contributed by atoms with van der Waals surface area (Å²) in [6.07, 6.45) is 0. The molecule has 0 saturated heterocycles. The van der Waals surface area contributed by atoms with E-state index in [1.165, 1.54) is 19.1 Å². The zero-order chi connectivity index (χ0) is 31.5. The Morgan fingerprint density at radius 1 is 0.581 bits per heavy atom. The van der Waals surface area contributed by atoms with Crippen LogP contribution in [0.1, 0.15) is 77.6 Å². The minimum Gasteiger partial charge on any atom is -0.497 e. The summed E-state index contributed by atoms with van der Waals surface area (Å²) in [6, 6.07) is 24.3. The Hall–Kier alpha value is -5.11. The van der Waals surface area contributed by atoms with Crippen LogP contribution in [-0.2, 0) is 15.6 Å². The van der Waals surface area contributed by atoms with Crippen molar-refractivity contribution >= 4 is 17.9 Å². The zero-order valence-corrected chi connectivity index (χ0v) is 24.9. The second-order valence-electron chi connectivity index (χ2n) is 11.2. The Morgan fingerprint density at radius 3 is 1.30 bits per heavy atom. The first-order valence-electron chi connectivity index (χ1n) is 13.6. The number of methoxy groups -OCH3 is 1. The molecule has 0 atom stereocenters. The molecule has 222 valence electrons. The average molecular weight is 583 g/mol. The first-order valence-corrected chi connectivity index (χ1v) is 13.6. The maximum absolute atomic E-state index is 12.3. The van der Waals surface area contributed by atoms with Crippen molar-refractivity contribution in [2.24, 2.45) is 0 Å². The molecule has 4 aromatic carbocycles. The van der Waals surface area contributed by atoms with Crippen LogP contribution in [-0.4, -0.2) is 35.2 Å². The minimum absolute atomic E-state index is 0.0157. The lowest BCUT2D eigenvalue weighted by molar-refractivity contribution is -0.131. The van der Waals surface area contributed by atoms with E-state index in [1.54, 1.807) is 43.5 Å². The summed E-state index contributed by atoms with van der Waals surface area (Å²) in [6.45, 7) is 9.20. The van der Waals surface area contributed by atoms with Crippen molar-refractivity contribution in [3.8, 4) is 23.0 Å². The summed E-state index contributed by atoms with van der Waals surface area (Å²) >= 11 is 0. The number of benzene rings is 4. The van der Waals surface area contributed by atoms with Crippen LogP contribution >= 0.6 is 0 Å². The van der Waals surface area contributed by atoms with Crippen molar-refractivity contribution in [2.45, 2.75) is 45.4 Å². The van der Waals surface area contributed by atoms with Crippen LogP contribution in [0.4, 0.5) is 0 Å². The number of aromatic carboxylic acids is 2. The highest BCUT2D eigenvalue weighted by Gasteiger charge is 2.28. The normalized spacial score (nSPS) is 11.5. The van der Waals surface area contributed by atoms with Crippen LogP contribution in [0.25, 0.3) is 0 Å². The first kappa shape index (κ1) is 30.8. The molecule has 0 fully saturated rings. The highest BCUT2D eigenvalue weighted by Crippen LogP contribution is 2.39. The molecule has 4 rings (SSSR count). The fraction of sp³-hybridized carbons (Fsp3) is 0.229. The summed E-state index contributed by atoms with van der Waals surface area (Å²) in [4.78, 5) is 35.9. The van der Waals surface area contributed by atoms with Gasteiger partial charge in [-0.15, -0.1) is 0 Å². The van der Waals surface area contributed by atoms with Crippen molar-refractivity contribution in [3.05, 3.63) is 118 Å². The maximum atomic E-state index is 12.3. The van der Waals surface area contributed by atoms with Gasteiger partial charge < -0.3 is 24.4 Å². The van der Waals surface area contributed by atoms with Gasteiger partial charge in [0.2, 0.25) is 0 Å². The van der Waals surface area contributed by atoms with E-state index in [1.807, 2.05) is 64.1 Å². The second kappa shape index (κ2) is 12.0. The third kappa shape index (κ3) is 6.54. The smallest absolute Gasteiger partial charge is 0.339 e. The SMILES string of the molecule is COc1ccc(C(C)(C)c2ccc(Oc3ccc(C(C)(C)c4ccc(OC(C)=O)cc4)cc3C(=O)O)c(C(=O)O)c2)cc1. The molecule has 8 nitrogen and oxygen atoms in total. The Morgan fingerprint density at radius 2 is 0.953 bits per heavy atom. The Kier molecular flexibility index (Phi) is 8.62. The fourth-order valence-electron chi connectivity index (χ4n) is 4.91. The van der Waals surface area contributed by atoms with Gasteiger partial charge in [0, 0.05) is 17.8 Å². The van der Waals surface area contributed by atoms with E-state index in [-0.39, 0.29) is 22.6 Å². The molecule has 4 aromatic rings. The van der Waals surface area contributed by atoms with Gasteiger partial charge in [0.1, 0.15) is 34.1 Å². The highest BCUT2D eigenvalue weighted by atomic mass is 16.5. The van der Waals surface area contributed by atoms with E-state index in [0.717, 1.165) is 22.4 Å². The number of rotatable bonds is 10. The maximum Gasteiger partial charge on any atom is 0.339 e. The summed E-state index contributed by atoms with van der Waals surface area (Å²) in [5.41, 5.74) is 1.94. The second-order valence-corrected chi connectivity index (χ2v) is 11.2. The number of carbonyl (C=O) groups excluding carboxylic acids is 1. The molecular formula is C35H34O8. The fourth-order valence-corrected chi connectivity index (χ4v) is 4.91. The van der Waals surface area contributed by atoms with E-state index in [9.17, 15) is 24.6 Å². The highest BCUT2D eigenvalue weighted by molar-refractivity contribution is 5.93. The van der Waals surface area contributed by atoms with Crippen LogP contribution in [0.3, 0.4) is 0 Å². The van der Waals surface area contributed by atoms with Gasteiger partial charge in [-0.2, -0.15) is 0 Å². The molecule has 0 saturated carbocycles. The number of hydrogen-bond acceptors (Lipinski definition) is 6. The molecule has 2 N–H and O–H groups in total. The molecule has 0 aromatic heterocycles. The molecule has 0 aliphatic carbocycles. The topological polar surface area (TPSA) is 119 Å². The number of esters is 1. The van der Waals surface area contributed by atoms with E-state index in [4.69, 9.17) is 14.2 Å². The van der Waals surface area contributed by atoms with Crippen LogP contribution in [0.5, 0.6) is 23.0 Å². The van der Waals surface area contributed by atoms with Gasteiger partial charge in [-0.25, -0.2) is 9.59 Å². The third-order valence-electron chi connectivity index (χ3n) is 7.73. The van der Waals surface area contributed by atoms with Crippen molar-refractivity contribution in [2.75, 3.05) is 7.11 Å². The Labute approximate surface area is 250 Å². The molecule has 0 spiro atoms. The van der Waals surface area contributed by atoms with Gasteiger partial charge >= 0.3 is 17.9 Å². The molecule has 0 amide bonds.